The maximum absolute atomic E-state index is 11.6. The summed E-state index contributed by atoms with van der Waals surface area (Å²) in [4.78, 5) is 11.6. The average molecular weight is 300 g/mol. The predicted molar refractivity (Wildman–Crippen MR) is 78.6 cm³/mol. The van der Waals surface area contributed by atoms with Crippen LogP contribution in [-0.4, -0.2) is 34.1 Å². The summed E-state index contributed by atoms with van der Waals surface area (Å²) in [5.41, 5.74) is 2.50. The Bertz CT molecular complexity index is 751. The molecule has 0 unspecified atom stereocenters. The molecule has 0 radical (unpaired) electrons. The summed E-state index contributed by atoms with van der Waals surface area (Å²) in [7, 11) is 0. The van der Waals surface area contributed by atoms with E-state index < -0.39 is 5.97 Å². The third-order valence-electron chi connectivity index (χ3n) is 4.08. The molecule has 2 aliphatic heterocycles. The maximum atomic E-state index is 11.6. The van der Waals surface area contributed by atoms with Gasteiger partial charge in [0.05, 0.1) is 13.2 Å². The van der Waals surface area contributed by atoms with Gasteiger partial charge in [0.15, 0.2) is 17.2 Å². The normalized spacial score (nSPS) is 16.2. The summed E-state index contributed by atoms with van der Waals surface area (Å²) in [5, 5.41) is 13.8. The average Bonchev–Trinajstić information content (AvgIpc) is 3.00. The number of carboxylic acids is 1. The maximum Gasteiger partial charge on any atom is 0.357 e. The zero-order chi connectivity index (χ0) is 15.1. The van der Waals surface area contributed by atoms with Crippen molar-refractivity contribution in [2.75, 3.05) is 13.2 Å². The first-order valence-electron chi connectivity index (χ1n) is 7.47. The largest absolute Gasteiger partial charge is 0.490 e. The number of benzene rings is 1. The number of aromatic nitrogens is 2. The van der Waals surface area contributed by atoms with Crippen LogP contribution in [0.15, 0.2) is 18.2 Å². The molecule has 0 fully saturated rings. The van der Waals surface area contributed by atoms with Gasteiger partial charge >= 0.3 is 5.97 Å². The van der Waals surface area contributed by atoms with Crippen molar-refractivity contribution in [3.05, 3.63) is 29.6 Å². The SMILES string of the molecule is O=C(O)c1nn2c(c1-c1cccc3c1OCCCO3)CCC2. The van der Waals surface area contributed by atoms with E-state index in [0.717, 1.165) is 37.1 Å². The molecule has 114 valence electrons. The number of carboxylic acid groups (broad SMARTS) is 1. The van der Waals surface area contributed by atoms with Gasteiger partial charge in [0.2, 0.25) is 0 Å². The van der Waals surface area contributed by atoms with Gasteiger partial charge in [0.25, 0.3) is 0 Å². The van der Waals surface area contributed by atoms with E-state index in [-0.39, 0.29) is 5.69 Å². The molecule has 0 saturated heterocycles. The molecule has 0 atom stereocenters. The van der Waals surface area contributed by atoms with Gasteiger partial charge in [-0.1, -0.05) is 12.1 Å². The number of para-hydroxylation sites is 1. The molecule has 2 aromatic rings. The highest BCUT2D eigenvalue weighted by atomic mass is 16.5. The Morgan fingerprint density at radius 2 is 2.09 bits per heavy atom. The fraction of sp³-hybridized carbons (Fsp3) is 0.375. The minimum absolute atomic E-state index is 0.0935. The van der Waals surface area contributed by atoms with Crippen molar-refractivity contribution in [3.8, 4) is 22.6 Å². The van der Waals surface area contributed by atoms with Crippen LogP contribution in [-0.2, 0) is 13.0 Å². The Morgan fingerprint density at radius 3 is 2.95 bits per heavy atom. The molecule has 4 rings (SSSR count). The van der Waals surface area contributed by atoms with E-state index >= 15 is 0 Å². The van der Waals surface area contributed by atoms with Crippen LogP contribution in [0.5, 0.6) is 11.5 Å². The van der Waals surface area contributed by atoms with Crippen molar-refractivity contribution < 1.29 is 19.4 Å². The van der Waals surface area contributed by atoms with Crippen LogP contribution in [0.4, 0.5) is 0 Å². The number of hydrogen-bond donors (Lipinski definition) is 1. The molecule has 1 aromatic heterocycles. The first-order chi connectivity index (χ1) is 10.8. The third-order valence-corrected chi connectivity index (χ3v) is 4.08. The molecule has 0 spiro atoms. The minimum atomic E-state index is -1.01. The van der Waals surface area contributed by atoms with Gasteiger partial charge in [-0.25, -0.2) is 4.79 Å². The molecule has 6 heteroatoms. The fourth-order valence-electron chi connectivity index (χ4n) is 3.16. The standard InChI is InChI=1S/C16H16N2O4/c19-16(20)14-13(11-5-2-7-18(11)17-14)10-4-1-6-12-15(10)22-9-3-8-21-12/h1,4,6H,2-3,5,7-9H2,(H,19,20). The first kappa shape index (κ1) is 13.2. The van der Waals surface area contributed by atoms with Crippen LogP contribution in [0.3, 0.4) is 0 Å². The molecule has 0 aliphatic carbocycles. The molecule has 1 N–H and O–H groups in total. The number of fused-ring (bicyclic) bond motifs is 2. The van der Waals surface area contributed by atoms with Crippen LogP contribution in [0, 0.1) is 0 Å². The summed E-state index contributed by atoms with van der Waals surface area (Å²) < 4.78 is 13.4. The Morgan fingerprint density at radius 1 is 1.23 bits per heavy atom. The second-order valence-electron chi connectivity index (χ2n) is 5.49. The Kier molecular flexibility index (Phi) is 3.03. The van der Waals surface area contributed by atoms with Crippen LogP contribution >= 0.6 is 0 Å². The fourth-order valence-corrected chi connectivity index (χ4v) is 3.16. The summed E-state index contributed by atoms with van der Waals surface area (Å²) in [6.07, 6.45) is 2.63. The molecule has 3 heterocycles. The summed E-state index contributed by atoms with van der Waals surface area (Å²) >= 11 is 0. The molecule has 1 aromatic carbocycles. The Balaban J connectivity index is 1.95. The van der Waals surface area contributed by atoms with Gasteiger partial charge in [-0.15, -0.1) is 0 Å². The molecular formula is C16H16N2O4. The monoisotopic (exact) mass is 300 g/mol. The highest BCUT2D eigenvalue weighted by Crippen LogP contribution is 2.43. The van der Waals surface area contributed by atoms with Crippen molar-refractivity contribution in [1.29, 1.82) is 0 Å². The smallest absolute Gasteiger partial charge is 0.357 e. The highest BCUT2D eigenvalue weighted by molar-refractivity contribution is 5.96. The lowest BCUT2D eigenvalue weighted by atomic mass is 10.00. The van der Waals surface area contributed by atoms with Crippen LogP contribution in [0.25, 0.3) is 11.1 Å². The van der Waals surface area contributed by atoms with Crippen molar-refractivity contribution in [1.82, 2.24) is 9.78 Å². The van der Waals surface area contributed by atoms with Gasteiger partial charge < -0.3 is 14.6 Å². The number of nitrogens with zero attached hydrogens (tertiary/aromatic N) is 2. The molecule has 6 nitrogen and oxygen atoms in total. The molecule has 0 bridgehead atoms. The van der Waals surface area contributed by atoms with E-state index in [9.17, 15) is 9.90 Å². The number of aromatic carboxylic acids is 1. The molecule has 2 aliphatic rings. The summed E-state index contributed by atoms with van der Waals surface area (Å²) in [6, 6.07) is 5.61. The zero-order valence-corrected chi connectivity index (χ0v) is 12.0. The van der Waals surface area contributed by atoms with Gasteiger partial charge in [-0.05, 0) is 18.9 Å². The number of ether oxygens (including phenoxy) is 2. The van der Waals surface area contributed by atoms with Crippen molar-refractivity contribution in [2.24, 2.45) is 0 Å². The van der Waals surface area contributed by atoms with E-state index in [2.05, 4.69) is 5.10 Å². The number of hydrogen-bond acceptors (Lipinski definition) is 4. The van der Waals surface area contributed by atoms with E-state index in [1.165, 1.54) is 0 Å². The van der Waals surface area contributed by atoms with Gasteiger partial charge in [-0.2, -0.15) is 5.10 Å². The lowest BCUT2D eigenvalue weighted by Crippen LogP contribution is -2.03. The second kappa shape index (κ2) is 5.05. The number of aryl methyl sites for hydroxylation is 1. The van der Waals surface area contributed by atoms with Crippen LogP contribution < -0.4 is 9.47 Å². The van der Waals surface area contributed by atoms with Crippen molar-refractivity contribution in [3.63, 3.8) is 0 Å². The first-order valence-corrected chi connectivity index (χ1v) is 7.47. The topological polar surface area (TPSA) is 73.6 Å². The van der Waals surface area contributed by atoms with Gasteiger partial charge in [0, 0.05) is 29.8 Å². The van der Waals surface area contributed by atoms with Crippen LogP contribution in [0.1, 0.15) is 29.0 Å². The molecule has 0 amide bonds. The lowest BCUT2D eigenvalue weighted by molar-refractivity contribution is 0.0690. The van der Waals surface area contributed by atoms with E-state index in [1.807, 2.05) is 18.2 Å². The van der Waals surface area contributed by atoms with Crippen molar-refractivity contribution >= 4 is 5.97 Å². The van der Waals surface area contributed by atoms with E-state index in [4.69, 9.17) is 9.47 Å². The number of carbonyl (C=O) groups is 1. The van der Waals surface area contributed by atoms with Crippen LogP contribution in [0.2, 0.25) is 0 Å². The van der Waals surface area contributed by atoms with Crippen molar-refractivity contribution in [2.45, 2.75) is 25.8 Å². The molecular weight excluding hydrogens is 284 g/mol. The molecule has 22 heavy (non-hydrogen) atoms. The third kappa shape index (κ3) is 1.94. The zero-order valence-electron chi connectivity index (χ0n) is 12.0. The highest BCUT2D eigenvalue weighted by Gasteiger charge is 2.29. The lowest BCUT2D eigenvalue weighted by Gasteiger charge is -2.13. The van der Waals surface area contributed by atoms with Gasteiger partial charge in [0.1, 0.15) is 0 Å². The van der Waals surface area contributed by atoms with E-state index in [0.29, 0.717) is 30.3 Å². The Hall–Kier alpha value is -2.50. The second-order valence-corrected chi connectivity index (χ2v) is 5.49. The minimum Gasteiger partial charge on any atom is -0.490 e. The molecule has 0 saturated carbocycles. The number of rotatable bonds is 2. The quantitative estimate of drug-likeness (QED) is 0.921. The summed E-state index contributed by atoms with van der Waals surface area (Å²) in [5.74, 6) is 0.290. The van der Waals surface area contributed by atoms with E-state index in [1.54, 1.807) is 4.68 Å². The van der Waals surface area contributed by atoms with Gasteiger partial charge in [-0.3, -0.25) is 4.68 Å². The Labute approximate surface area is 127 Å². The summed E-state index contributed by atoms with van der Waals surface area (Å²) in [6.45, 7) is 1.94. The predicted octanol–water partition coefficient (Wildman–Crippen LogP) is 2.36.